The summed E-state index contributed by atoms with van der Waals surface area (Å²) in [4.78, 5) is 10.8. The topological polar surface area (TPSA) is 29.0 Å². The fourth-order valence-corrected chi connectivity index (χ4v) is 1.99. The van der Waals surface area contributed by atoms with Crippen molar-refractivity contribution in [3.8, 4) is 0 Å². The van der Waals surface area contributed by atoms with Crippen LogP contribution >= 0.6 is 15.9 Å². The fraction of sp³-hybridized carbons (Fsp3) is 0.636. The quantitative estimate of drug-likeness (QED) is 0.787. The summed E-state index contributed by atoms with van der Waals surface area (Å²) in [6.45, 7) is 3.38. The van der Waals surface area contributed by atoms with Gasteiger partial charge in [0.15, 0.2) is 0 Å². The summed E-state index contributed by atoms with van der Waals surface area (Å²) in [5.74, 6) is 2.56. The third-order valence-electron chi connectivity index (χ3n) is 2.97. The SMILES string of the molecule is CC1CC1CN(C)c1ncc(CBr)cn1. The molecule has 0 spiro atoms. The van der Waals surface area contributed by atoms with Gasteiger partial charge in [-0.25, -0.2) is 9.97 Å². The minimum absolute atomic E-state index is 0.816. The van der Waals surface area contributed by atoms with Crippen LogP contribution < -0.4 is 4.90 Å². The van der Waals surface area contributed by atoms with Crippen LogP contribution in [0.4, 0.5) is 5.95 Å². The van der Waals surface area contributed by atoms with E-state index in [0.29, 0.717) is 0 Å². The number of hydrogen-bond acceptors (Lipinski definition) is 3. The molecule has 3 nitrogen and oxygen atoms in total. The summed E-state index contributed by atoms with van der Waals surface area (Å²) < 4.78 is 0. The molecule has 0 amide bonds. The second-order valence-corrected chi connectivity index (χ2v) is 4.94. The third-order valence-corrected chi connectivity index (χ3v) is 3.62. The number of nitrogens with zero attached hydrogens (tertiary/aromatic N) is 3. The van der Waals surface area contributed by atoms with Crippen LogP contribution in [0.15, 0.2) is 12.4 Å². The second-order valence-electron chi connectivity index (χ2n) is 4.38. The number of anilines is 1. The van der Waals surface area contributed by atoms with Gasteiger partial charge >= 0.3 is 0 Å². The highest BCUT2D eigenvalue weighted by Crippen LogP contribution is 2.38. The molecule has 1 fully saturated rings. The Bertz CT molecular complexity index is 325. The number of hydrogen-bond donors (Lipinski definition) is 0. The van der Waals surface area contributed by atoms with Crippen molar-refractivity contribution in [3.05, 3.63) is 18.0 Å². The highest BCUT2D eigenvalue weighted by atomic mass is 79.9. The monoisotopic (exact) mass is 269 g/mol. The molecule has 2 rings (SSSR count). The van der Waals surface area contributed by atoms with Crippen LogP contribution in [0.5, 0.6) is 0 Å². The van der Waals surface area contributed by atoms with Crippen LogP contribution in [0.3, 0.4) is 0 Å². The van der Waals surface area contributed by atoms with E-state index in [-0.39, 0.29) is 0 Å². The van der Waals surface area contributed by atoms with Gasteiger partial charge in [-0.05, 0) is 23.8 Å². The van der Waals surface area contributed by atoms with Crippen molar-refractivity contribution in [1.82, 2.24) is 9.97 Å². The highest BCUT2D eigenvalue weighted by Gasteiger charge is 2.33. The van der Waals surface area contributed by atoms with Gasteiger partial charge in [-0.2, -0.15) is 0 Å². The Balaban J connectivity index is 1.95. The predicted molar refractivity (Wildman–Crippen MR) is 65.2 cm³/mol. The molecule has 0 aromatic carbocycles. The van der Waals surface area contributed by atoms with E-state index >= 15 is 0 Å². The summed E-state index contributed by atoms with van der Waals surface area (Å²) in [7, 11) is 2.06. The summed E-state index contributed by atoms with van der Waals surface area (Å²) in [5, 5.41) is 0.816. The van der Waals surface area contributed by atoms with E-state index in [2.05, 4.69) is 44.8 Å². The maximum atomic E-state index is 4.34. The maximum absolute atomic E-state index is 4.34. The minimum Gasteiger partial charge on any atom is -0.344 e. The van der Waals surface area contributed by atoms with Crippen molar-refractivity contribution in [3.63, 3.8) is 0 Å². The van der Waals surface area contributed by atoms with E-state index in [1.807, 2.05) is 12.4 Å². The van der Waals surface area contributed by atoms with E-state index in [1.165, 1.54) is 6.42 Å². The summed E-state index contributed by atoms with van der Waals surface area (Å²) in [5.41, 5.74) is 1.12. The first kappa shape index (κ1) is 10.9. The zero-order valence-electron chi connectivity index (χ0n) is 9.15. The van der Waals surface area contributed by atoms with E-state index < -0.39 is 0 Å². The van der Waals surface area contributed by atoms with E-state index in [9.17, 15) is 0 Å². The van der Waals surface area contributed by atoms with Gasteiger partial charge in [-0.3, -0.25) is 0 Å². The van der Waals surface area contributed by atoms with Gasteiger partial charge in [-0.1, -0.05) is 22.9 Å². The lowest BCUT2D eigenvalue weighted by Gasteiger charge is -2.16. The Morgan fingerprint density at radius 2 is 2.07 bits per heavy atom. The van der Waals surface area contributed by atoms with Crippen molar-refractivity contribution in [1.29, 1.82) is 0 Å². The number of rotatable bonds is 4. The molecule has 1 aromatic heterocycles. The average Bonchev–Trinajstić information content (AvgIpc) is 2.94. The standard InChI is InChI=1S/C11H16BrN3/c1-8-3-10(8)7-15(2)11-13-5-9(4-12)6-14-11/h5-6,8,10H,3-4,7H2,1-2H3. The van der Waals surface area contributed by atoms with Gasteiger partial charge in [0.1, 0.15) is 0 Å². The first-order valence-electron chi connectivity index (χ1n) is 5.28. The number of aromatic nitrogens is 2. The molecule has 1 saturated carbocycles. The lowest BCUT2D eigenvalue weighted by molar-refractivity contribution is 0.711. The maximum Gasteiger partial charge on any atom is 0.225 e. The summed E-state index contributed by atoms with van der Waals surface area (Å²) in [6, 6.07) is 0. The van der Waals surface area contributed by atoms with Gasteiger partial charge in [0.05, 0.1) is 0 Å². The van der Waals surface area contributed by atoms with Gasteiger partial charge in [0.25, 0.3) is 0 Å². The van der Waals surface area contributed by atoms with Crippen molar-refractivity contribution in [2.75, 3.05) is 18.5 Å². The van der Waals surface area contributed by atoms with E-state index in [1.54, 1.807) is 0 Å². The minimum atomic E-state index is 0.816. The molecular weight excluding hydrogens is 254 g/mol. The van der Waals surface area contributed by atoms with Gasteiger partial charge in [0, 0.05) is 31.3 Å². The summed E-state index contributed by atoms with van der Waals surface area (Å²) in [6.07, 6.45) is 5.11. The highest BCUT2D eigenvalue weighted by molar-refractivity contribution is 9.08. The van der Waals surface area contributed by atoms with E-state index in [4.69, 9.17) is 0 Å². The smallest absolute Gasteiger partial charge is 0.225 e. The van der Waals surface area contributed by atoms with Crippen LogP contribution in [-0.4, -0.2) is 23.6 Å². The Labute approximate surface area is 99.0 Å². The molecule has 0 saturated heterocycles. The van der Waals surface area contributed by atoms with Gasteiger partial charge in [-0.15, -0.1) is 0 Å². The first-order valence-corrected chi connectivity index (χ1v) is 6.41. The van der Waals surface area contributed by atoms with Crippen LogP contribution in [0.1, 0.15) is 18.9 Å². The third kappa shape index (κ3) is 2.68. The number of halogens is 1. The van der Waals surface area contributed by atoms with Crippen molar-refractivity contribution in [2.24, 2.45) is 11.8 Å². The Kier molecular flexibility index (Phi) is 3.24. The van der Waals surface area contributed by atoms with Crippen LogP contribution in [0, 0.1) is 11.8 Å². The van der Waals surface area contributed by atoms with Crippen LogP contribution in [0.2, 0.25) is 0 Å². The molecular formula is C11H16BrN3. The zero-order valence-corrected chi connectivity index (χ0v) is 10.7. The normalized spacial score (nSPS) is 23.9. The molecule has 15 heavy (non-hydrogen) atoms. The van der Waals surface area contributed by atoms with Crippen molar-refractivity contribution in [2.45, 2.75) is 18.7 Å². The molecule has 0 radical (unpaired) electrons. The predicted octanol–water partition coefficient (Wildman–Crippen LogP) is 2.46. The van der Waals surface area contributed by atoms with E-state index in [0.717, 1.165) is 35.2 Å². The van der Waals surface area contributed by atoms with Crippen LogP contribution in [-0.2, 0) is 5.33 Å². The lowest BCUT2D eigenvalue weighted by atomic mass is 10.3. The molecule has 0 N–H and O–H groups in total. The lowest BCUT2D eigenvalue weighted by Crippen LogP contribution is -2.22. The molecule has 2 unspecified atom stereocenters. The molecule has 82 valence electrons. The Morgan fingerprint density at radius 3 is 2.53 bits per heavy atom. The molecule has 4 heteroatoms. The molecule has 1 heterocycles. The molecule has 2 atom stereocenters. The average molecular weight is 270 g/mol. The van der Waals surface area contributed by atoms with Gasteiger partial charge in [0.2, 0.25) is 5.95 Å². The second kappa shape index (κ2) is 4.47. The number of alkyl halides is 1. The van der Waals surface area contributed by atoms with Crippen LogP contribution in [0.25, 0.3) is 0 Å². The molecule has 1 aromatic rings. The summed E-state index contributed by atoms with van der Waals surface area (Å²) >= 11 is 3.38. The first-order chi connectivity index (χ1) is 7.20. The Hall–Kier alpha value is -0.640. The van der Waals surface area contributed by atoms with Crippen molar-refractivity contribution >= 4 is 21.9 Å². The Morgan fingerprint density at radius 1 is 1.47 bits per heavy atom. The molecule has 1 aliphatic rings. The largest absolute Gasteiger partial charge is 0.344 e. The zero-order chi connectivity index (χ0) is 10.8. The molecule has 0 aliphatic heterocycles. The fourth-order valence-electron chi connectivity index (χ4n) is 1.70. The molecule has 1 aliphatic carbocycles. The van der Waals surface area contributed by atoms with Crippen molar-refractivity contribution < 1.29 is 0 Å². The van der Waals surface area contributed by atoms with Gasteiger partial charge < -0.3 is 4.90 Å². The molecule has 0 bridgehead atoms.